The molecule has 0 unspecified atom stereocenters. The average molecular weight is 329 g/mol. The highest BCUT2D eigenvalue weighted by molar-refractivity contribution is 5.42. The summed E-state index contributed by atoms with van der Waals surface area (Å²) in [7, 11) is 3.39. The first-order chi connectivity index (χ1) is 11.6. The lowest BCUT2D eigenvalue weighted by atomic mass is 9.48. The molecule has 1 atom stereocenters. The molecule has 0 saturated heterocycles. The van der Waals surface area contributed by atoms with Crippen LogP contribution in [0.25, 0.3) is 0 Å². The van der Waals surface area contributed by atoms with E-state index in [0.29, 0.717) is 11.5 Å². The maximum Gasteiger partial charge on any atom is 0.161 e. The van der Waals surface area contributed by atoms with Crippen molar-refractivity contribution in [1.82, 2.24) is 5.32 Å². The van der Waals surface area contributed by atoms with Crippen LogP contribution >= 0.6 is 0 Å². The van der Waals surface area contributed by atoms with Gasteiger partial charge in [0.1, 0.15) is 0 Å². The van der Waals surface area contributed by atoms with Gasteiger partial charge in [-0.05, 0) is 86.3 Å². The van der Waals surface area contributed by atoms with Gasteiger partial charge in [0.15, 0.2) is 11.5 Å². The Morgan fingerprint density at radius 1 is 1.00 bits per heavy atom. The monoisotopic (exact) mass is 329 g/mol. The lowest BCUT2D eigenvalue weighted by Gasteiger charge is -2.59. The second kappa shape index (κ2) is 6.25. The summed E-state index contributed by atoms with van der Waals surface area (Å²) >= 11 is 0. The number of ether oxygens (including phenoxy) is 2. The van der Waals surface area contributed by atoms with E-state index in [1.54, 1.807) is 14.2 Å². The molecule has 24 heavy (non-hydrogen) atoms. The minimum atomic E-state index is 0.561. The number of hydrogen-bond donors (Lipinski definition) is 1. The molecular weight excluding hydrogens is 298 g/mol. The van der Waals surface area contributed by atoms with E-state index in [1.165, 1.54) is 44.1 Å². The average Bonchev–Trinajstić information content (AvgIpc) is 2.58. The molecule has 0 aromatic heterocycles. The molecule has 4 bridgehead atoms. The Balaban J connectivity index is 1.43. The highest BCUT2D eigenvalue weighted by atomic mass is 16.5. The van der Waals surface area contributed by atoms with Gasteiger partial charge in [0.25, 0.3) is 0 Å². The maximum atomic E-state index is 5.43. The zero-order valence-electron chi connectivity index (χ0n) is 15.3. The van der Waals surface area contributed by atoms with Gasteiger partial charge in [-0.1, -0.05) is 6.07 Å². The SMILES string of the molecule is COc1ccc(CN[C@@H](C)C23CC4CC(CC(C4)C2)C3)cc1OC. The fourth-order valence-electron chi connectivity index (χ4n) is 6.19. The normalized spacial score (nSPS) is 35.0. The van der Waals surface area contributed by atoms with Gasteiger partial charge in [-0.25, -0.2) is 0 Å². The van der Waals surface area contributed by atoms with Crippen LogP contribution in [0.1, 0.15) is 51.0 Å². The van der Waals surface area contributed by atoms with Crippen LogP contribution in [0.2, 0.25) is 0 Å². The Kier molecular flexibility index (Phi) is 4.24. The number of rotatable bonds is 6. The van der Waals surface area contributed by atoms with Crippen LogP contribution in [0.15, 0.2) is 18.2 Å². The molecule has 1 aromatic rings. The standard InChI is InChI=1S/C21H31NO2/c1-14(21-10-16-6-17(11-21)8-18(7-16)12-21)22-13-15-4-5-19(23-2)20(9-15)24-3/h4-5,9,14,16-18,22H,6-8,10-13H2,1-3H3/t14-,16?,17?,18?,21?/m0/s1. The summed E-state index contributed by atoms with van der Waals surface area (Å²) in [5.74, 6) is 4.67. The van der Waals surface area contributed by atoms with Crippen LogP contribution in [0.5, 0.6) is 11.5 Å². The smallest absolute Gasteiger partial charge is 0.161 e. The number of hydrogen-bond acceptors (Lipinski definition) is 3. The largest absolute Gasteiger partial charge is 0.493 e. The molecule has 0 aliphatic heterocycles. The molecule has 3 heteroatoms. The molecule has 4 fully saturated rings. The number of benzene rings is 1. The Labute approximate surface area is 146 Å². The van der Waals surface area contributed by atoms with E-state index in [1.807, 2.05) is 6.07 Å². The summed E-state index contributed by atoms with van der Waals surface area (Å²) in [5.41, 5.74) is 1.83. The van der Waals surface area contributed by atoms with Crippen molar-refractivity contribution in [2.75, 3.05) is 14.2 Å². The van der Waals surface area contributed by atoms with Crippen molar-refractivity contribution in [3.63, 3.8) is 0 Å². The minimum Gasteiger partial charge on any atom is -0.493 e. The quantitative estimate of drug-likeness (QED) is 0.839. The molecule has 0 spiro atoms. The van der Waals surface area contributed by atoms with E-state index in [9.17, 15) is 0 Å². The van der Waals surface area contributed by atoms with Crippen LogP contribution in [0.4, 0.5) is 0 Å². The Hall–Kier alpha value is -1.22. The highest BCUT2D eigenvalue weighted by Crippen LogP contribution is 2.61. The molecule has 132 valence electrons. The second-order valence-corrected chi connectivity index (χ2v) is 8.57. The molecule has 4 aliphatic rings. The van der Waals surface area contributed by atoms with E-state index in [4.69, 9.17) is 9.47 Å². The van der Waals surface area contributed by atoms with E-state index in [0.717, 1.165) is 35.8 Å². The van der Waals surface area contributed by atoms with Gasteiger partial charge in [-0.2, -0.15) is 0 Å². The van der Waals surface area contributed by atoms with Crippen LogP contribution in [0, 0.1) is 23.2 Å². The first-order valence-electron chi connectivity index (χ1n) is 9.56. The topological polar surface area (TPSA) is 30.5 Å². The lowest BCUT2D eigenvalue weighted by Crippen LogP contribution is -2.54. The predicted octanol–water partition coefficient (Wildman–Crippen LogP) is 4.40. The van der Waals surface area contributed by atoms with Crippen molar-refractivity contribution < 1.29 is 9.47 Å². The maximum absolute atomic E-state index is 5.43. The Morgan fingerprint density at radius 3 is 2.12 bits per heavy atom. The van der Waals surface area contributed by atoms with Gasteiger partial charge in [-0.15, -0.1) is 0 Å². The molecule has 3 nitrogen and oxygen atoms in total. The van der Waals surface area contributed by atoms with Crippen molar-refractivity contribution in [3.8, 4) is 11.5 Å². The fraction of sp³-hybridized carbons (Fsp3) is 0.714. The zero-order valence-corrected chi connectivity index (χ0v) is 15.3. The van der Waals surface area contributed by atoms with Gasteiger partial charge in [0.05, 0.1) is 14.2 Å². The van der Waals surface area contributed by atoms with E-state index < -0.39 is 0 Å². The summed E-state index contributed by atoms with van der Waals surface area (Å²) < 4.78 is 10.8. The zero-order chi connectivity index (χ0) is 16.7. The third-order valence-electron chi connectivity index (χ3n) is 7.06. The van der Waals surface area contributed by atoms with Crippen molar-refractivity contribution in [2.24, 2.45) is 23.2 Å². The third kappa shape index (κ3) is 2.81. The summed E-state index contributed by atoms with van der Waals surface area (Å²) in [4.78, 5) is 0. The van der Waals surface area contributed by atoms with Crippen molar-refractivity contribution in [3.05, 3.63) is 23.8 Å². The predicted molar refractivity (Wildman–Crippen MR) is 96.5 cm³/mol. The van der Waals surface area contributed by atoms with Gasteiger partial charge in [0.2, 0.25) is 0 Å². The van der Waals surface area contributed by atoms with Crippen molar-refractivity contribution in [2.45, 2.75) is 58.0 Å². The number of methoxy groups -OCH3 is 2. The molecular formula is C21H31NO2. The fourth-order valence-corrected chi connectivity index (χ4v) is 6.19. The van der Waals surface area contributed by atoms with Crippen LogP contribution < -0.4 is 14.8 Å². The molecule has 1 N–H and O–H groups in total. The number of nitrogens with one attached hydrogen (secondary N) is 1. The van der Waals surface area contributed by atoms with Gasteiger partial charge < -0.3 is 14.8 Å². The Morgan fingerprint density at radius 2 is 1.58 bits per heavy atom. The van der Waals surface area contributed by atoms with Gasteiger partial charge >= 0.3 is 0 Å². The molecule has 4 aliphatic carbocycles. The summed E-state index contributed by atoms with van der Waals surface area (Å²) in [6.45, 7) is 3.33. The summed E-state index contributed by atoms with van der Waals surface area (Å²) in [5, 5.41) is 3.85. The van der Waals surface area contributed by atoms with Gasteiger partial charge in [0, 0.05) is 12.6 Å². The van der Waals surface area contributed by atoms with E-state index >= 15 is 0 Å². The minimum absolute atomic E-state index is 0.561. The first kappa shape index (κ1) is 16.3. The first-order valence-corrected chi connectivity index (χ1v) is 9.56. The molecule has 0 amide bonds. The molecule has 4 saturated carbocycles. The summed E-state index contributed by atoms with van der Waals surface area (Å²) in [6, 6.07) is 6.84. The Bertz CT molecular complexity index is 562. The van der Waals surface area contributed by atoms with Crippen LogP contribution in [-0.4, -0.2) is 20.3 Å². The van der Waals surface area contributed by atoms with Crippen molar-refractivity contribution in [1.29, 1.82) is 0 Å². The molecule has 0 radical (unpaired) electrons. The molecule has 0 heterocycles. The van der Waals surface area contributed by atoms with Crippen LogP contribution in [-0.2, 0) is 6.54 Å². The van der Waals surface area contributed by atoms with Gasteiger partial charge in [-0.3, -0.25) is 0 Å². The summed E-state index contributed by atoms with van der Waals surface area (Å²) in [6.07, 6.45) is 8.92. The third-order valence-corrected chi connectivity index (χ3v) is 7.06. The van der Waals surface area contributed by atoms with E-state index in [2.05, 4.69) is 24.4 Å². The van der Waals surface area contributed by atoms with E-state index in [-0.39, 0.29) is 0 Å². The van der Waals surface area contributed by atoms with Crippen LogP contribution in [0.3, 0.4) is 0 Å². The highest BCUT2D eigenvalue weighted by Gasteiger charge is 2.52. The second-order valence-electron chi connectivity index (χ2n) is 8.57. The van der Waals surface area contributed by atoms with Crippen molar-refractivity contribution >= 4 is 0 Å². The molecule has 5 rings (SSSR count). The lowest BCUT2D eigenvalue weighted by molar-refractivity contribution is -0.0706. The molecule has 1 aromatic carbocycles.